The van der Waals surface area contributed by atoms with Crippen LogP contribution in [0.2, 0.25) is 5.82 Å². The predicted octanol–water partition coefficient (Wildman–Crippen LogP) is 1.90. The van der Waals surface area contributed by atoms with E-state index in [2.05, 4.69) is 64.7 Å². The molecule has 8 nitrogen and oxygen atoms in total. The summed E-state index contributed by atoms with van der Waals surface area (Å²) in [7, 11) is 5.97. The summed E-state index contributed by atoms with van der Waals surface area (Å²) in [5, 5.41) is 24.0. The fourth-order valence-electron chi connectivity index (χ4n) is 6.75. The lowest BCUT2D eigenvalue weighted by atomic mass is 9.44. The summed E-state index contributed by atoms with van der Waals surface area (Å²) < 4.78 is 6.32. The average Bonchev–Trinajstić information content (AvgIpc) is 3.26. The second-order valence-electron chi connectivity index (χ2n) is 13.2. The molecule has 0 saturated carbocycles. The molecular formula is C27H38B3N5O3. The number of hydrogen-bond donors (Lipinski definition) is 3. The summed E-state index contributed by atoms with van der Waals surface area (Å²) in [5.74, 6) is -0.325. The molecule has 198 valence electrons. The van der Waals surface area contributed by atoms with Gasteiger partial charge in [0.15, 0.2) is 11.5 Å². The summed E-state index contributed by atoms with van der Waals surface area (Å²) in [5.41, 5.74) is 2.07. The lowest BCUT2D eigenvalue weighted by molar-refractivity contribution is -0.162. The molecule has 38 heavy (non-hydrogen) atoms. The van der Waals surface area contributed by atoms with Crippen LogP contribution >= 0.6 is 0 Å². The first-order valence-electron chi connectivity index (χ1n) is 13.4. The Kier molecular flexibility index (Phi) is 6.99. The van der Waals surface area contributed by atoms with Gasteiger partial charge in [0.05, 0.1) is 28.1 Å². The number of hydrogen-bond acceptors (Lipinski definition) is 6. The van der Waals surface area contributed by atoms with Gasteiger partial charge in [-0.3, -0.25) is 9.78 Å². The number of nitrogens with one attached hydrogen (secondary N) is 2. The maximum atomic E-state index is 13.1. The number of aliphatic hydroxyl groups is 1. The predicted molar refractivity (Wildman–Crippen MR) is 156 cm³/mol. The van der Waals surface area contributed by atoms with Crippen molar-refractivity contribution in [3.63, 3.8) is 0 Å². The normalized spacial score (nSPS) is 26.5. The van der Waals surface area contributed by atoms with Crippen LogP contribution in [-0.2, 0) is 4.74 Å². The van der Waals surface area contributed by atoms with E-state index in [-0.39, 0.29) is 39.9 Å². The van der Waals surface area contributed by atoms with Gasteiger partial charge in [-0.05, 0) is 75.9 Å². The molecule has 4 rings (SSSR count). The van der Waals surface area contributed by atoms with Crippen LogP contribution in [0, 0.1) is 16.7 Å². The number of carbonyl (C=O) groups excluding carboxylic acids is 1. The van der Waals surface area contributed by atoms with Gasteiger partial charge in [0.1, 0.15) is 29.6 Å². The van der Waals surface area contributed by atoms with Gasteiger partial charge in [0, 0.05) is 17.8 Å². The first-order valence-corrected chi connectivity index (χ1v) is 13.4. The number of H-pyrrole nitrogens is 1. The number of imidazole rings is 1. The molecule has 0 radical (unpaired) electrons. The minimum absolute atomic E-state index is 0.0418. The molecule has 1 fully saturated rings. The van der Waals surface area contributed by atoms with Crippen molar-refractivity contribution in [1.82, 2.24) is 15.0 Å². The zero-order valence-corrected chi connectivity index (χ0v) is 24.1. The number of ether oxygens (including phenoxy) is 1. The van der Waals surface area contributed by atoms with E-state index < -0.39 is 11.4 Å². The van der Waals surface area contributed by atoms with E-state index in [1.165, 1.54) is 6.20 Å². The van der Waals surface area contributed by atoms with E-state index in [4.69, 9.17) is 15.0 Å². The topological polar surface area (TPSA) is 124 Å². The van der Waals surface area contributed by atoms with Crippen LogP contribution in [0.3, 0.4) is 0 Å². The zero-order chi connectivity index (χ0) is 28.3. The SMILES string of the molecule is BC1=C(c2nc(C3CC(C)(C)OC(C)(C)C3)ccc2NC(=O)c2nc(C#N)c[nH]2)C(B)(O)C(B)C(C)(C)C1. The molecule has 11 heteroatoms. The third-order valence-corrected chi connectivity index (χ3v) is 8.43. The highest BCUT2D eigenvalue weighted by Gasteiger charge is 2.47. The Balaban J connectivity index is 1.84. The Morgan fingerprint density at radius 1 is 1.18 bits per heavy atom. The summed E-state index contributed by atoms with van der Waals surface area (Å²) in [6.45, 7) is 12.8. The van der Waals surface area contributed by atoms with E-state index in [1.54, 1.807) is 0 Å². The number of anilines is 1. The lowest BCUT2D eigenvalue weighted by Crippen LogP contribution is -2.47. The van der Waals surface area contributed by atoms with Gasteiger partial charge >= 0.3 is 0 Å². The smallest absolute Gasteiger partial charge is 0.291 e. The summed E-state index contributed by atoms with van der Waals surface area (Å²) >= 11 is 0. The van der Waals surface area contributed by atoms with E-state index >= 15 is 0 Å². The monoisotopic (exact) mass is 513 g/mol. The first kappa shape index (κ1) is 28.2. The van der Waals surface area contributed by atoms with Gasteiger partial charge in [0.25, 0.3) is 5.91 Å². The Hall–Kier alpha value is -2.83. The molecule has 2 unspecified atom stereocenters. The van der Waals surface area contributed by atoms with E-state index in [1.807, 2.05) is 33.9 Å². The molecule has 0 spiro atoms. The van der Waals surface area contributed by atoms with Crippen molar-refractivity contribution in [1.29, 1.82) is 5.26 Å². The van der Waals surface area contributed by atoms with Gasteiger partial charge in [-0.1, -0.05) is 13.8 Å². The Morgan fingerprint density at radius 3 is 2.39 bits per heavy atom. The maximum absolute atomic E-state index is 13.1. The van der Waals surface area contributed by atoms with Crippen LogP contribution in [0.4, 0.5) is 5.69 Å². The second-order valence-corrected chi connectivity index (χ2v) is 13.2. The number of pyridine rings is 1. The minimum Gasteiger partial charge on any atom is -0.395 e. The molecule has 2 aliphatic rings. The standard InChI is InChI=1S/C27H38B3N5O3/c1-24(2)11-16(28)19(27(30,37)23(24)29)20-18(35-22(36)21-32-13-15(12-31)33-21)8-7-17(34-20)14-9-25(3,4)38-26(5,6)10-14/h7-8,13-14,23,37H,9-11,28-30H2,1-6H3,(H,32,33)(H,35,36). The third kappa shape index (κ3) is 5.34. The van der Waals surface area contributed by atoms with Gasteiger partial charge in [0.2, 0.25) is 0 Å². The molecule has 3 heterocycles. The van der Waals surface area contributed by atoms with Crippen molar-refractivity contribution >= 4 is 40.7 Å². The number of aromatic nitrogens is 3. The van der Waals surface area contributed by atoms with Gasteiger partial charge < -0.3 is 20.1 Å². The lowest BCUT2D eigenvalue weighted by Gasteiger charge is -2.49. The van der Waals surface area contributed by atoms with E-state index in [0.717, 1.165) is 36.0 Å². The van der Waals surface area contributed by atoms with Crippen molar-refractivity contribution in [3.05, 3.63) is 46.7 Å². The molecule has 3 N–H and O–H groups in total. The molecule has 2 aromatic rings. The van der Waals surface area contributed by atoms with Gasteiger partial charge in [-0.25, -0.2) is 4.98 Å². The molecule has 1 aliphatic carbocycles. The number of rotatable bonds is 4. The van der Waals surface area contributed by atoms with Gasteiger partial charge in [-0.2, -0.15) is 5.26 Å². The molecule has 0 bridgehead atoms. The molecule has 2 aromatic heterocycles. The average molecular weight is 513 g/mol. The highest BCUT2D eigenvalue weighted by molar-refractivity contribution is 6.35. The van der Waals surface area contributed by atoms with Gasteiger partial charge in [-0.15, -0.1) is 5.47 Å². The molecular weight excluding hydrogens is 475 g/mol. The fourth-order valence-corrected chi connectivity index (χ4v) is 6.75. The summed E-state index contributed by atoms with van der Waals surface area (Å²) in [6.07, 6.45) is 3.83. The Labute approximate surface area is 228 Å². The summed E-state index contributed by atoms with van der Waals surface area (Å²) in [6, 6.07) is 5.77. The first-order chi connectivity index (χ1) is 17.5. The number of nitrogens with zero attached hydrogens (tertiary/aromatic N) is 3. The van der Waals surface area contributed by atoms with Crippen molar-refractivity contribution < 1.29 is 14.6 Å². The van der Waals surface area contributed by atoms with Crippen molar-refractivity contribution in [3.8, 4) is 6.07 Å². The zero-order valence-electron chi connectivity index (χ0n) is 24.1. The Morgan fingerprint density at radius 2 is 1.82 bits per heavy atom. The van der Waals surface area contributed by atoms with Crippen molar-refractivity contribution in [2.45, 2.75) is 89.2 Å². The quantitative estimate of drug-likeness (QED) is 0.537. The van der Waals surface area contributed by atoms with E-state index in [9.17, 15) is 9.90 Å². The second kappa shape index (κ2) is 9.42. The highest BCUT2D eigenvalue weighted by atomic mass is 16.5. The largest absolute Gasteiger partial charge is 0.395 e. The van der Waals surface area contributed by atoms with Crippen LogP contribution in [0.5, 0.6) is 0 Å². The van der Waals surface area contributed by atoms with Crippen LogP contribution in [0.25, 0.3) is 5.57 Å². The maximum Gasteiger partial charge on any atom is 0.291 e. The minimum atomic E-state index is -1.16. The number of amides is 1. The third-order valence-electron chi connectivity index (χ3n) is 8.43. The number of nitriles is 1. The highest BCUT2D eigenvalue weighted by Crippen LogP contribution is 2.53. The van der Waals surface area contributed by atoms with Crippen LogP contribution in [0.1, 0.15) is 94.4 Å². The molecule has 1 aliphatic heterocycles. The number of aromatic amines is 1. The van der Waals surface area contributed by atoms with Crippen LogP contribution in [-0.4, -0.2) is 66.2 Å². The van der Waals surface area contributed by atoms with E-state index in [0.29, 0.717) is 11.4 Å². The number of allylic oxidation sites excluding steroid dienone is 1. The Bertz CT molecular complexity index is 1320. The van der Waals surface area contributed by atoms with Crippen molar-refractivity contribution in [2.24, 2.45) is 5.41 Å². The van der Waals surface area contributed by atoms with Crippen LogP contribution < -0.4 is 5.32 Å². The molecule has 0 aromatic carbocycles. The summed E-state index contributed by atoms with van der Waals surface area (Å²) in [4.78, 5) is 25.1. The molecule has 1 amide bonds. The van der Waals surface area contributed by atoms with Crippen LogP contribution in [0.15, 0.2) is 23.8 Å². The molecule has 2 atom stereocenters. The van der Waals surface area contributed by atoms with Crippen molar-refractivity contribution in [2.75, 3.05) is 5.32 Å². The fraction of sp³-hybridized carbons (Fsp3) is 0.556. The molecule has 1 saturated heterocycles. The number of carbonyl (C=O) groups is 1.